The molecule has 3 rings (SSSR count). The molecule has 0 unspecified atom stereocenters. The summed E-state index contributed by atoms with van der Waals surface area (Å²) in [7, 11) is 0. The van der Waals surface area contributed by atoms with E-state index in [1.165, 1.54) is 6.07 Å². The van der Waals surface area contributed by atoms with E-state index in [9.17, 15) is 10.1 Å². The van der Waals surface area contributed by atoms with Gasteiger partial charge < -0.3 is 14.4 Å². The Morgan fingerprint density at radius 3 is 2.29 bits per heavy atom. The number of nitro benzene ring substituents is 1. The minimum absolute atomic E-state index is 0.0337. The third-order valence-corrected chi connectivity index (χ3v) is 4.62. The number of anilines is 1. The summed E-state index contributed by atoms with van der Waals surface area (Å²) in [5.74, 6) is -0.512. The molecule has 114 valence electrons. The van der Waals surface area contributed by atoms with Gasteiger partial charge in [0.2, 0.25) is 0 Å². The zero-order valence-electron chi connectivity index (χ0n) is 11.2. The van der Waals surface area contributed by atoms with Crippen molar-refractivity contribution >= 4 is 34.6 Å². The fourth-order valence-corrected chi connectivity index (χ4v) is 3.12. The second-order valence-corrected chi connectivity index (χ2v) is 5.92. The molecule has 0 amide bonds. The topological polar surface area (TPSA) is 64.8 Å². The highest BCUT2D eigenvalue weighted by Crippen LogP contribution is 2.39. The Morgan fingerprint density at radius 1 is 1.14 bits per heavy atom. The lowest BCUT2D eigenvalue weighted by molar-refractivity contribution is -0.384. The molecule has 2 aliphatic heterocycles. The quantitative estimate of drug-likeness (QED) is 0.614. The zero-order valence-corrected chi connectivity index (χ0v) is 12.7. The number of piperidine rings is 1. The Hall–Kier alpha value is -1.08. The minimum atomic E-state index is -0.512. The lowest BCUT2D eigenvalue weighted by Gasteiger charge is -2.38. The summed E-state index contributed by atoms with van der Waals surface area (Å²) in [6, 6.07) is 2.85. The van der Waals surface area contributed by atoms with Crippen molar-refractivity contribution in [1.82, 2.24) is 0 Å². The summed E-state index contributed by atoms with van der Waals surface area (Å²) < 4.78 is 11.3. The van der Waals surface area contributed by atoms with E-state index in [-0.39, 0.29) is 10.7 Å². The first-order valence-electron chi connectivity index (χ1n) is 6.67. The van der Waals surface area contributed by atoms with Gasteiger partial charge in [-0.05, 0) is 6.07 Å². The first kappa shape index (κ1) is 14.8. The molecule has 0 bridgehead atoms. The van der Waals surface area contributed by atoms with Crippen molar-refractivity contribution in [2.45, 2.75) is 18.6 Å². The molecular formula is C13H14Cl2N2O4. The molecule has 1 aromatic carbocycles. The monoisotopic (exact) mass is 332 g/mol. The van der Waals surface area contributed by atoms with E-state index in [1.807, 2.05) is 4.90 Å². The van der Waals surface area contributed by atoms with E-state index in [1.54, 1.807) is 6.07 Å². The van der Waals surface area contributed by atoms with Gasteiger partial charge in [0.15, 0.2) is 5.79 Å². The van der Waals surface area contributed by atoms with E-state index in [2.05, 4.69) is 0 Å². The number of rotatable bonds is 2. The van der Waals surface area contributed by atoms with Crippen LogP contribution in [0.1, 0.15) is 12.8 Å². The second kappa shape index (κ2) is 5.61. The van der Waals surface area contributed by atoms with Gasteiger partial charge in [0, 0.05) is 32.0 Å². The van der Waals surface area contributed by atoms with Crippen molar-refractivity contribution in [3.05, 3.63) is 32.3 Å². The van der Waals surface area contributed by atoms with Gasteiger partial charge in [-0.3, -0.25) is 10.1 Å². The maximum absolute atomic E-state index is 11.2. The molecule has 0 N–H and O–H groups in total. The molecule has 2 saturated heterocycles. The lowest BCUT2D eigenvalue weighted by atomic mass is 10.0. The van der Waals surface area contributed by atoms with Gasteiger partial charge in [0.25, 0.3) is 5.69 Å². The Labute approximate surface area is 131 Å². The van der Waals surface area contributed by atoms with Crippen LogP contribution >= 0.6 is 23.2 Å². The summed E-state index contributed by atoms with van der Waals surface area (Å²) in [5, 5.41) is 11.7. The molecule has 2 aliphatic rings. The Morgan fingerprint density at radius 2 is 1.71 bits per heavy atom. The van der Waals surface area contributed by atoms with E-state index >= 15 is 0 Å². The average Bonchev–Trinajstić information content (AvgIpc) is 2.90. The van der Waals surface area contributed by atoms with Gasteiger partial charge in [0.1, 0.15) is 5.69 Å². The highest BCUT2D eigenvalue weighted by molar-refractivity contribution is 6.42. The average molecular weight is 333 g/mol. The number of nitrogens with zero attached hydrogens (tertiary/aromatic N) is 2. The number of halogens is 2. The number of ether oxygens (including phenoxy) is 2. The molecule has 6 nitrogen and oxygen atoms in total. The van der Waals surface area contributed by atoms with Crippen LogP contribution in [0.4, 0.5) is 11.4 Å². The number of nitro groups is 1. The number of hydrogen-bond acceptors (Lipinski definition) is 5. The molecule has 21 heavy (non-hydrogen) atoms. The largest absolute Gasteiger partial charge is 0.366 e. The highest BCUT2D eigenvalue weighted by atomic mass is 35.5. The fourth-order valence-electron chi connectivity index (χ4n) is 2.80. The number of benzene rings is 1. The second-order valence-electron chi connectivity index (χ2n) is 5.11. The van der Waals surface area contributed by atoms with Crippen molar-refractivity contribution in [3.8, 4) is 0 Å². The smallest absolute Gasteiger partial charge is 0.294 e. The highest BCUT2D eigenvalue weighted by Gasteiger charge is 2.40. The van der Waals surface area contributed by atoms with Crippen LogP contribution in [0.3, 0.4) is 0 Å². The van der Waals surface area contributed by atoms with Crippen molar-refractivity contribution in [2.75, 3.05) is 31.2 Å². The molecule has 1 spiro atoms. The van der Waals surface area contributed by atoms with Crippen LogP contribution in [0, 0.1) is 10.1 Å². The summed E-state index contributed by atoms with van der Waals surface area (Å²) in [5.41, 5.74) is 0.454. The molecule has 0 radical (unpaired) electrons. The zero-order chi connectivity index (χ0) is 15.0. The van der Waals surface area contributed by atoms with Crippen LogP contribution in [-0.2, 0) is 9.47 Å². The molecule has 2 heterocycles. The molecule has 0 atom stereocenters. The fraction of sp³-hybridized carbons (Fsp3) is 0.538. The van der Waals surface area contributed by atoms with Crippen LogP contribution in [0.25, 0.3) is 0 Å². The van der Waals surface area contributed by atoms with E-state index in [0.29, 0.717) is 49.9 Å². The first-order valence-corrected chi connectivity index (χ1v) is 7.43. The standard InChI is InChI=1S/C13H14Cl2N2O4/c14-9-7-11(12(17(18)19)8-10(9)15)16-3-1-13(2-4-16)20-5-6-21-13/h7-8H,1-6H2. The van der Waals surface area contributed by atoms with Crippen LogP contribution in [-0.4, -0.2) is 37.0 Å². The van der Waals surface area contributed by atoms with Gasteiger partial charge in [-0.15, -0.1) is 0 Å². The maximum Gasteiger partial charge on any atom is 0.294 e. The van der Waals surface area contributed by atoms with E-state index in [4.69, 9.17) is 32.7 Å². The number of hydrogen-bond donors (Lipinski definition) is 0. The summed E-state index contributed by atoms with van der Waals surface area (Å²) >= 11 is 11.9. The van der Waals surface area contributed by atoms with Gasteiger partial charge in [-0.1, -0.05) is 23.2 Å². The van der Waals surface area contributed by atoms with Gasteiger partial charge in [-0.25, -0.2) is 0 Å². The summed E-state index contributed by atoms with van der Waals surface area (Å²) in [6.45, 7) is 2.43. The van der Waals surface area contributed by atoms with Crippen LogP contribution in [0.5, 0.6) is 0 Å². The normalized spacial score (nSPS) is 21.0. The molecule has 0 saturated carbocycles. The minimum Gasteiger partial charge on any atom is -0.366 e. The van der Waals surface area contributed by atoms with Gasteiger partial charge >= 0.3 is 0 Å². The summed E-state index contributed by atoms with van der Waals surface area (Å²) in [4.78, 5) is 12.7. The van der Waals surface area contributed by atoms with Crippen LogP contribution in [0.15, 0.2) is 12.1 Å². The van der Waals surface area contributed by atoms with E-state index < -0.39 is 10.7 Å². The Kier molecular flexibility index (Phi) is 3.96. The van der Waals surface area contributed by atoms with Gasteiger partial charge in [0.05, 0.1) is 28.2 Å². The van der Waals surface area contributed by atoms with Crippen molar-refractivity contribution in [3.63, 3.8) is 0 Å². The van der Waals surface area contributed by atoms with Crippen molar-refractivity contribution < 1.29 is 14.4 Å². The maximum atomic E-state index is 11.2. The van der Waals surface area contributed by atoms with Gasteiger partial charge in [-0.2, -0.15) is 0 Å². The Bertz CT molecular complexity index is 566. The first-order chi connectivity index (χ1) is 10.0. The molecule has 0 aromatic heterocycles. The van der Waals surface area contributed by atoms with E-state index in [0.717, 1.165) is 0 Å². The third kappa shape index (κ3) is 2.81. The molecule has 2 fully saturated rings. The summed E-state index contributed by atoms with van der Waals surface area (Å²) in [6.07, 6.45) is 1.34. The molecule has 0 aliphatic carbocycles. The van der Waals surface area contributed by atoms with Crippen LogP contribution in [0.2, 0.25) is 10.0 Å². The van der Waals surface area contributed by atoms with Crippen molar-refractivity contribution in [1.29, 1.82) is 0 Å². The molecule has 8 heteroatoms. The predicted octanol–water partition coefficient (Wildman–Crippen LogP) is 3.24. The lowest BCUT2D eigenvalue weighted by Crippen LogP contribution is -2.45. The molecule has 1 aromatic rings. The Balaban J connectivity index is 1.84. The predicted molar refractivity (Wildman–Crippen MR) is 79.2 cm³/mol. The van der Waals surface area contributed by atoms with Crippen molar-refractivity contribution in [2.24, 2.45) is 0 Å². The third-order valence-electron chi connectivity index (χ3n) is 3.89. The molecular weight excluding hydrogens is 319 g/mol. The van der Waals surface area contributed by atoms with Crippen LogP contribution < -0.4 is 4.90 Å². The SMILES string of the molecule is O=[N+]([O-])c1cc(Cl)c(Cl)cc1N1CCC2(CC1)OCCO2.